The molecule has 3 heteroatoms. The zero-order chi connectivity index (χ0) is 13.4. The third-order valence-electron chi connectivity index (χ3n) is 2.73. The number of ether oxygens (including phenoxy) is 1. The third-order valence-corrected chi connectivity index (χ3v) is 2.73. The Morgan fingerprint density at radius 3 is 2.06 bits per heavy atom. The van der Waals surface area contributed by atoms with E-state index >= 15 is 0 Å². The second-order valence-electron chi connectivity index (χ2n) is 4.25. The molecule has 0 heterocycles. The highest BCUT2D eigenvalue weighted by Gasteiger charge is 2.08. The fourth-order valence-corrected chi connectivity index (χ4v) is 1.93. The highest BCUT2D eigenvalue weighted by atomic mass is 16.5. The Hall–Kier alpha value is -1.51. The van der Waals surface area contributed by atoms with Gasteiger partial charge in [0.15, 0.2) is 0 Å². The van der Waals surface area contributed by atoms with Gasteiger partial charge in [-0.2, -0.15) is 0 Å². The van der Waals surface area contributed by atoms with Crippen LogP contribution in [0.4, 0.5) is 5.69 Å². The van der Waals surface area contributed by atoms with Crippen LogP contribution in [0.15, 0.2) is 24.3 Å². The van der Waals surface area contributed by atoms with Crippen LogP contribution >= 0.6 is 0 Å². The SMILES string of the molecule is CCCN(CCC)c1ccc(C(=O)OCC)cc1. The fraction of sp³-hybridized carbons (Fsp3) is 0.533. The molecule has 18 heavy (non-hydrogen) atoms. The minimum absolute atomic E-state index is 0.249. The van der Waals surface area contributed by atoms with Gasteiger partial charge in [-0.05, 0) is 44.0 Å². The molecule has 0 unspecified atom stereocenters. The largest absolute Gasteiger partial charge is 0.462 e. The number of benzene rings is 1. The summed E-state index contributed by atoms with van der Waals surface area (Å²) >= 11 is 0. The summed E-state index contributed by atoms with van der Waals surface area (Å²) in [6, 6.07) is 7.67. The number of rotatable bonds is 7. The maximum atomic E-state index is 11.5. The van der Waals surface area contributed by atoms with Crippen molar-refractivity contribution in [3.05, 3.63) is 29.8 Å². The third kappa shape index (κ3) is 4.06. The van der Waals surface area contributed by atoms with Crippen LogP contribution in [0.1, 0.15) is 44.0 Å². The van der Waals surface area contributed by atoms with Crippen LogP contribution in [0.5, 0.6) is 0 Å². The van der Waals surface area contributed by atoms with Crippen molar-refractivity contribution < 1.29 is 9.53 Å². The second-order valence-corrected chi connectivity index (χ2v) is 4.25. The molecule has 0 radical (unpaired) electrons. The molecule has 1 rings (SSSR count). The number of nitrogens with zero attached hydrogens (tertiary/aromatic N) is 1. The van der Waals surface area contributed by atoms with Crippen molar-refractivity contribution in [2.45, 2.75) is 33.6 Å². The summed E-state index contributed by atoms with van der Waals surface area (Å²) < 4.78 is 4.97. The van der Waals surface area contributed by atoms with Gasteiger partial charge in [0.1, 0.15) is 0 Å². The van der Waals surface area contributed by atoms with Crippen LogP contribution in [0, 0.1) is 0 Å². The average Bonchev–Trinajstić information content (AvgIpc) is 2.39. The highest BCUT2D eigenvalue weighted by molar-refractivity contribution is 5.89. The molecule has 0 atom stereocenters. The van der Waals surface area contributed by atoms with Crippen molar-refractivity contribution in [3.8, 4) is 0 Å². The van der Waals surface area contributed by atoms with Gasteiger partial charge in [0, 0.05) is 18.8 Å². The normalized spacial score (nSPS) is 10.2. The molecular formula is C15H23NO2. The van der Waals surface area contributed by atoms with Gasteiger partial charge in [-0.3, -0.25) is 0 Å². The minimum atomic E-state index is -0.249. The summed E-state index contributed by atoms with van der Waals surface area (Å²) in [6.07, 6.45) is 2.25. The molecule has 100 valence electrons. The van der Waals surface area contributed by atoms with Crippen molar-refractivity contribution in [3.63, 3.8) is 0 Å². The Morgan fingerprint density at radius 1 is 1.06 bits per heavy atom. The molecule has 0 fully saturated rings. The van der Waals surface area contributed by atoms with Gasteiger partial charge in [0.25, 0.3) is 0 Å². The van der Waals surface area contributed by atoms with E-state index < -0.39 is 0 Å². The Balaban J connectivity index is 2.76. The first-order valence-electron chi connectivity index (χ1n) is 6.75. The van der Waals surface area contributed by atoms with Crippen LogP contribution in [0.2, 0.25) is 0 Å². The van der Waals surface area contributed by atoms with E-state index in [1.165, 1.54) is 5.69 Å². The monoisotopic (exact) mass is 249 g/mol. The molecule has 0 amide bonds. The number of hydrogen-bond donors (Lipinski definition) is 0. The number of esters is 1. The topological polar surface area (TPSA) is 29.5 Å². The zero-order valence-electron chi connectivity index (χ0n) is 11.6. The van der Waals surface area contributed by atoms with E-state index in [9.17, 15) is 4.79 Å². The van der Waals surface area contributed by atoms with Gasteiger partial charge < -0.3 is 9.64 Å². The van der Waals surface area contributed by atoms with E-state index in [-0.39, 0.29) is 5.97 Å². The minimum Gasteiger partial charge on any atom is -0.462 e. The van der Waals surface area contributed by atoms with Gasteiger partial charge in [-0.25, -0.2) is 4.79 Å². The van der Waals surface area contributed by atoms with E-state index in [0.29, 0.717) is 12.2 Å². The average molecular weight is 249 g/mol. The Bertz CT molecular complexity index is 353. The first-order valence-corrected chi connectivity index (χ1v) is 6.75. The molecule has 3 nitrogen and oxygen atoms in total. The predicted octanol–water partition coefficient (Wildman–Crippen LogP) is 3.49. The molecule has 0 saturated carbocycles. The second kappa shape index (κ2) is 7.75. The van der Waals surface area contributed by atoms with E-state index in [0.717, 1.165) is 25.9 Å². The Kier molecular flexibility index (Phi) is 6.26. The van der Waals surface area contributed by atoms with Gasteiger partial charge in [0.2, 0.25) is 0 Å². The first-order chi connectivity index (χ1) is 8.72. The Morgan fingerprint density at radius 2 is 1.61 bits per heavy atom. The summed E-state index contributed by atoms with van der Waals surface area (Å²) in [5.74, 6) is -0.249. The summed E-state index contributed by atoms with van der Waals surface area (Å²) in [5, 5.41) is 0. The van der Waals surface area contributed by atoms with Gasteiger partial charge >= 0.3 is 5.97 Å². The van der Waals surface area contributed by atoms with Gasteiger partial charge in [-0.1, -0.05) is 13.8 Å². The van der Waals surface area contributed by atoms with Crippen molar-refractivity contribution in [2.75, 3.05) is 24.6 Å². The lowest BCUT2D eigenvalue weighted by Crippen LogP contribution is -2.24. The molecule has 0 N–H and O–H groups in total. The smallest absolute Gasteiger partial charge is 0.338 e. The number of carbonyl (C=O) groups excluding carboxylic acids is 1. The lowest BCUT2D eigenvalue weighted by atomic mass is 10.2. The number of carbonyl (C=O) groups is 1. The summed E-state index contributed by atoms with van der Waals surface area (Å²) in [6.45, 7) is 8.68. The number of anilines is 1. The van der Waals surface area contributed by atoms with Crippen molar-refractivity contribution in [1.82, 2.24) is 0 Å². The predicted molar refractivity (Wildman–Crippen MR) is 75.2 cm³/mol. The summed E-state index contributed by atoms with van der Waals surface area (Å²) in [7, 11) is 0. The van der Waals surface area contributed by atoms with Crippen LogP contribution < -0.4 is 4.90 Å². The maximum absolute atomic E-state index is 11.5. The molecule has 1 aromatic rings. The van der Waals surface area contributed by atoms with Crippen LogP contribution in [-0.2, 0) is 4.74 Å². The summed E-state index contributed by atoms with van der Waals surface area (Å²) in [5.41, 5.74) is 1.79. The molecule has 0 bridgehead atoms. The van der Waals surface area contributed by atoms with Crippen LogP contribution in [0.3, 0.4) is 0 Å². The zero-order valence-corrected chi connectivity index (χ0v) is 11.6. The van der Waals surface area contributed by atoms with Crippen LogP contribution in [0.25, 0.3) is 0 Å². The highest BCUT2D eigenvalue weighted by Crippen LogP contribution is 2.16. The quantitative estimate of drug-likeness (QED) is 0.693. The fourth-order valence-electron chi connectivity index (χ4n) is 1.93. The standard InChI is InChI=1S/C15H23NO2/c1-4-11-16(12-5-2)14-9-7-13(8-10-14)15(17)18-6-3/h7-10H,4-6,11-12H2,1-3H3. The van der Waals surface area contributed by atoms with Crippen molar-refractivity contribution in [2.24, 2.45) is 0 Å². The van der Waals surface area contributed by atoms with E-state index in [1.807, 2.05) is 31.2 Å². The van der Waals surface area contributed by atoms with Crippen molar-refractivity contribution in [1.29, 1.82) is 0 Å². The summed E-state index contributed by atoms with van der Waals surface area (Å²) in [4.78, 5) is 13.9. The maximum Gasteiger partial charge on any atom is 0.338 e. The Labute approximate surface area is 110 Å². The molecule has 0 aliphatic carbocycles. The van der Waals surface area contributed by atoms with Gasteiger partial charge in [0.05, 0.1) is 12.2 Å². The van der Waals surface area contributed by atoms with Gasteiger partial charge in [-0.15, -0.1) is 0 Å². The molecule has 0 aliphatic rings. The van der Waals surface area contributed by atoms with E-state index in [2.05, 4.69) is 18.7 Å². The van der Waals surface area contributed by atoms with E-state index in [1.54, 1.807) is 0 Å². The van der Waals surface area contributed by atoms with Crippen LogP contribution in [-0.4, -0.2) is 25.7 Å². The number of hydrogen-bond acceptors (Lipinski definition) is 3. The molecule has 0 aromatic heterocycles. The van der Waals surface area contributed by atoms with Crippen molar-refractivity contribution >= 4 is 11.7 Å². The molecule has 0 aliphatic heterocycles. The lowest BCUT2D eigenvalue weighted by Gasteiger charge is -2.23. The lowest BCUT2D eigenvalue weighted by molar-refractivity contribution is 0.0526. The molecule has 0 spiro atoms. The first kappa shape index (κ1) is 14.6. The molecular weight excluding hydrogens is 226 g/mol. The van der Waals surface area contributed by atoms with E-state index in [4.69, 9.17) is 4.74 Å². The molecule has 1 aromatic carbocycles. The molecule has 0 saturated heterocycles.